The summed E-state index contributed by atoms with van der Waals surface area (Å²) in [7, 11) is 0. The van der Waals surface area contributed by atoms with Crippen molar-refractivity contribution >= 4 is 38.8 Å². The lowest BCUT2D eigenvalue weighted by Gasteiger charge is -2.14. The molecule has 1 aliphatic rings. The number of carbonyl (C=O) groups is 1. The largest absolute Gasteiger partial charge is 0.397 e. The maximum absolute atomic E-state index is 13.7. The number of nitrogens with one attached hydrogen (secondary N) is 1. The Morgan fingerprint density at radius 2 is 2.04 bits per heavy atom. The number of thiophene rings is 1. The molecule has 3 aromatic rings. The summed E-state index contributed by atoms with van der Waals surface area (Å²) < 4.78 is 13.7. The number of hydrogen-bond donors (Lipinski definition) is 2. The number of nitrogens with zero attached hydrogens (tertiary/aromatic N) is 1. The van der Waals surface area contributed by atoms with Crippen molar-refractivity contribution in [1.82, 2.24) is 4.98 Å². The number of nitrogen functional groups attached to an aromatic ring is 1. The molecule has 0 bridgehead atoms. The lowest BCUT2D eigenvalue weighted by Crippen LogP contribution is -2.13. The van der Waals surface area contributed by atoms with E-state index in [0.29, 0.717) is 10.6 Å². The molecule has 0 saturated carbocycles. The molecule has 2 heterocycles. The number of pyridine rings is 1. The molecule has 0 fully saturated rings. The molecule has 4 rings (SSSR count). The molecule has 0 unspecified atom stereocenters. The monoisotopic (exact) mass is 341 g/mol. The van der Waals surface area contributed by atoms with Gasteiger partial charge in [-0.2, -0.15) is 0 Å². The van der Waals surface area contributed by atoms with Crippen molar-refractivity contribution in [3.8, 4) is 0 Å². The molecule has 0 saturated heterocycles. The van der Waals surface area contributed by atoms with Gasteiger partial charge in [-0.1, -0.05) is 12.1 Å². The highest BCUT2D eigenvalue weighted by molar-refractivity contribution is 7.21. The van der Waals surface area contributed by atoms with E-state index in [9.17, 15) is 9.18 Å². The van der Waals surface area contributed by atoms with Crippen LogP contribution in [0.15, 0.2) is 30.3 Å². The van der Waals surface area contributed by atoms with Crippen LogP contribution in [0.2, 0.25) is 0 Å². The topological polar surface area (TPSA) is 68.0 Å². The van der Waals surface area contributed by atoms with E-state index in [1.165, 1.54) is 29.0 Å². The van der Waals surface area contributed by atoms with E-state index in [-0.39, 0.29) is 5.69 Å². The van der Waals surface area contributed by atoms with Crippen LogP contribution in [0.3, 0.4) is 0 Å². The summed E-state index contributed by atoms with van der Waals surface area (Å²) in [6.07, 6.45) is 4.28. The van der Waals surface area contributed by atoms with E-state index in [2.05, 4.69) is 16.4 Å². The minimum Gasteiger partial charge on any atom is -0.397 e. The molecule has 6 heteroatoms. The molecule has 1 aromatic carbocycles. The van der Waals surface area contributed by atoms with Gasteiger partial charge in [0.25, 0.3) is 5.91 Å². The Bertz CT molecular complexity index is 951. The Morgan fingerprint density at radius 1 is 1.25 bits per heavy atom. The third kappa shape index (κ3) is 2.53. The summed E-state index contributed by atoms with van der Waals surface area (Å²) in [5, 5.41) is 3.41. The van der Waals surface area contributed by atoms with Crippen LogP contribution in [0, 0.1) is 5.82 Å². The first-order valence-corrected chi connectivity index (χ1v) is 8.72. The van der Waals surface area contributed by atoms with Gasteiger partial charge in [-0.25, -0.2) is 9.37 Å². The lowest BCUT2D eigenvalue weighted by molar-refractivity contribution is 0.103. The smallest absolute Gasteiger partial charge is 0.268 e. The van der Waals surface area contributed by atoms with Gasteiger partial charge in [0.2, 0.25) is 0 Å². The summed E-state index contributed by atoms with van der Waals surface area (Å²) >= 11 is 1.26. The number of rotatable bonds is 2. The van der Waals surface area contributed by atoms with Crippen molar-refractivity contribution in [3.05, 3.63) is 52.3 Å². The molecular weight excluding hydrogens is 325 g/mol. The molecular formula is C18H16FN3OS. The molecule has 4 nitrogen and oxygen atoms in total. The summed E-state index contributed by atoms with van der Waals surface area (Å²) in [6, 6.07) is 8.13. The number of benzene rings is 1. The third-order valence-electron chi connectivity index (χ3n) is 4.33. The van der Waals surface area contributed by atoms with Gasteiger partial charge in [0.1, 0.15) is 15.5 Å². The molecule has 2 aromatic heterocycles. The predicted molar refractivity (Wildman–Crippen MR) is 95.0 cm³/mol. The first kappa shape index (κ1) is 15.1. The molecule has 0 atom stereocenters. The fourth-order valence-electron chi connectivity index (χ4n) is 3.07. The highest BCUT2D eigenvalue weighted by Crippen LogP contribution is 2.35. The summed E-state index contributed by atoms with van der Waals surface area (Å²) in [5.41, 5.74) is 9.08. The third-order valence-corrected chi connectivity index (χ3v) is 5.44. The SMILES string of the molecule is Nc1c(C(=O)Nc2ccccc2F)sc2nc3c(cc12)CCCC3. The van der Waals surface area contributed by atoms with Crippen LogP contribution in [0.1, 0.15) is 33.8 Å². The predicted octanol–water partition coefficient (Wildman–Crippen LogP) is 4.15. The van der Waals surface area contributed by atoms with Crippen molar-refractivity contribution < 1.29 is 9.18 Å². The summed E-state index contributed by atoms with van der Waals surface area (Å²) in [4.78, 5) is 18.3. The zero-order valence-electron chi connectivity index (χ0n) is 12.9. The highest BCUT2D eigenvalue weighted by atomic mass is 32.1. The van der Waals surface area contributed by atoms with Crippen LogP contribution in [0.5, 0.6) is 0 Å². The minimum atomic E-state index is -0.473. The first-order chi connectivity index (χ1) is 11.6. The van der Waals surface area contributed by atoms with E-state index in [1.54, 1.807) is 12.1 Å². The van der Waals surface area contributed by atoms with Gasteiger partial charge >= 0.3 is 0 Å². The van der Waals surface area contributed by atoms with Crippen molar-refractivity contribution in [3.63, 3.8) is 0 Å². The maximum atomic E-state index is 13.7. The van der Waals surface area contributed by atoms with Crippen molar-refractivity contribution in [2.45, 2.75) is 25.7 Å². The quantitative estimate of drug-likeness (QED) is 0.736. The van der Waals surface area contributed by atoms with Crippen molar-refractivity contribution in [1.29, 1.82) is 0 Å². The number of nitrogens with two attached hydrogens (primary N) is 1. The average molecular weight is 341 g/mol. The molecule has 1 aliphatic carbocycles. The molecule has 0 spiro atoms. The van der Waals surface area contributed by atoms with Crippen LogP contribution in [-0.4, -0.2) is 10.9 Å². The van der Waals surface area contributed by atoms with Gasteiger partial charge in [0, 0.05) is 11.1 Å². The standard InChI is InChI=1S/C18H16FN3OS/c19-12-6-2-4-8-14(12)21-17(23)16-15(20)11-9-10-5-1-3-7-13(10)22-18(11)24-16/h2,4,6,8-9H,1,3,5,7,20H2,(H,21,23). The number of anilines is 2. The average Bonchev–Trinajstić information content (AvgIpc) is 2.91. The van der Waals surface area contributed by atoms with Gasteiger partial charge in [0.15, 0.2) is 0 Å². The van der Waals surface area contributed by atoms with Gasteiger partial charge in [-0.15, -0.1) is 11.3 Å². The molecule has 3 N–H and O–H groups in total. The second kappa shape index (κ2) is 5.87. The number of amides is 1. The van der Waals surface area contributed by atoms with Crippen LogP contribution < -0.4 is 11.1 Å². The Morgan fingerprint density at radius 3 is 2.88 bits per heavy atom. The number of halogens is 1. The Balaban J connectivity index is 1.72. The van der Waals surface area contributed by atoms with E-state index in [4.69, 9.17) is 5.73 Å². The molecule has 0 aliphatic heterocycles. The van der Waals surface area contributed by atoms with Gasteiger partial charge in [-0.05, 0) is 49.4 Å². The molecule has 0 radical (unpaired) electrons. The van der Waals surface area contributed by atoms with Gasteiger partial charge in [-0.3, -0.25) is 4.79 Å². The maximum Gasteiger partial charge on any atom is 0.268 e. The second-order valence-electron chi connectivity index (χ2n) is 5.93. The van der Waals surface area contributed by atoms with Crippen LogP contribution in [-0.2, 0) is 12.8 Å². The Kier molecular flexibility index (Phi) is 3.69. The van der Waals surface area contributed by atoms with Crippen molar-refractivity contribution in [2.75, 3.05) is 11.1 Å². The zero-order valence-corrected chi connectivity index (χ0v) is 13.8. The number of para-hydroxylation sites is 1. The Labute approximate surface area is 142 Å². The van der Waals surface area contributed by atoms with Crippen LogP contribution in [0.4, 0.5) is 15.8 Å². The molecule has 1 amide bonds. The molecule has 122 valence electrons. The minimum absolute atomic E-state index is 0.145. The van der Waals surface area contributed by atoms with E-state index < -0.39 is 11.7 Å². The number of aryl methyl sites for hydroxylation is 2. The fraction of sp³-hybridized carbons (Fsp3) is 0.222. The Hall–Kier alpha value is -2.47. The van der Waals surface area contributed by atoms with Gasteiger partial charge < -0.3 is 11.1 Å². The summed E-state index contributed by atoms with van der Waals surface area (Å²) in [5.74, 6) is -0.877. The molecule has 24 heavy (non-hydrogen) atoms. The normalized spacial score (nSPS) is 13.7. The lowest BCUT2D eigenvalue weighted by atomic mass is 9.95. The van der Waals surface area contributed by atoms with Crippen LogP contribution in [0.25, 0.3) is 10.2 Å². The van der Waals surface area contributed by atoms with E-state index >= 15 is 0 Å². The van der Waals surface area contributed by atoms with E-state index in [1.807, 2.05) is 0 Å². The zero-order chi connectivity index (χ0) is 16.7. The van der Waals surface area contributed by atoms with Crippen LogP contribution >= 0.6 is 11.3 Å². The second-order valence-corrected chi connectivity index (χ2v) is 6.93. The first-order valence-electron chi connectivity index (χ1n) is 7.90. The fourth-order valence-corrected chi connectivity index (χ4v) is 4.06. The number of aromatic nitrogens is 1. The van der Waals surface area contributed by atoms with E-state index in [0.717, 1.165) is 41.6 Å². The number of fused-ring (bicyclic) bond motifs is 2. The number of hydrogen-bond acceptors (Lipinski definition) is 4. The number of carbonyl (C=O) groups excluding carboxylic acids is 1. The highest BCUT2D eigenvalue weighted by Gasteiger charge is 2.21. The summed E-state index contributed by atoms with van der Waals surface area (Å²) in [6.45, 7) is 0. The van der Waals surface area contributed by atoms with Gasteiger partial charge in [0.05, 0.1) is 11.4 Å². The van der Waals surface area contributed by atoms with Crippen molar-refractivity contribution in [2.24, 2.45) is 0 Å².